The Morgan fingerprint density at radius 3 is 1.94 bits per heavy atom. The van der Waals surface area contributed by atoms with Gasteiger partial charge in [-0.15, -0.1) is 0 Å². The topological polar surface area (TPSA) is 54.4 Å². The first-order valence-electron chi connectivity index (χ1n) is 5.44. The molecule has 0 aromatic heterocycles. The quantitative estimate of drug-likeness (QED) is 0.650. The van der Waals surface area contributed by atoms with E-state index >= 15 is 0 Å². The van der Waals surface area contributed by atoms with Crippen molar-refractivity contribution in [2.45, 2.75) is 6.92 Å². The number of Topliss-reactive ketones (excluding diaryl/α,β-unsaturated/α-hetero) is 1. The van der Waals surface area contributed by atoms with Gasteiger partial charge in [0.1, 0.15) is 5.75 Å². The van der Waals surface area contributed by atoms with Gasteiger partial charge < -0.3 is 5.11 Å². The number of carbonyl (C=O) groups excluding carboxylic acids is 2. The largest absolute Gasteiger partial charge is 0.507 e. The SMILES string of the molecule is CC(=O)c1ccccc1.O=Cc1ccccc1O. The molecule has 1 N–H and O–H groups in total. The summed E-state index contributed by atoms with van der Waals surface area (Å²) < 4.78 is 0. The van der Waals surface area contributed by atoms with E-state index in [1.54, 1.807) is 25.1 Å². The number of hydrogen-bond acceptors (Lipinski definition) is 3. The predicted molar refractivity (Wildman–Crippen MR) is 69.9 cm³/mol. The molecule has 18 heavy (non-hydrogen) atoms. The lowest BCUT2D eigenvalue weighted by molar-refractivity contribution is 0.101. The number of phenolic OH excluding ortho intramolecular Hbond substituents is 1. The Bertz CT molecular complexity index is 518. The maximum absolute atomic E-state index is 10.6. The number of hydrogen-bond donors (Lipinski definition) is 1. The number of phenols is 1. The van der Waals surface area contributed by atoms with E-state index in [0.717, 1.165) is 5.56 Å². The number of carbonyl (C=O) groups is 2. The summed E-state index contributed by atoms with van der Waals surface area (Å²) in [5.74, 6) is 0.156. The molecule has 0 heterocycles. The van der Waals surface area contributed by atoms with Gasteiger partial charge in [-0.3, -0.25) is 9.59 Å². The Balaban J connectivity index is 0.000000180. The molecule has 0 saturated carbocycles. The zero-order chi connectivity index (χ0) is 13.4. The van der Waals surface area contributed by atoms with Crippen LogP contribution in [0.2, 0.25) is 0 Å². The zero-order valence-corrected chi connectivity index (χ0v) is 10.0. The third kappa shape index (κ3) is 4.22. The molecule has 2 rings (SSSR count). The smallest absolute Gasteiger partial charge is 0.159 e. The van der Waals surface area contributed by atoms with Gasteiger partial charge in [-0.05, 0) is 19.1 Å². The Labute approximate surface area is 106 Å². The van der Waals surface area contributed by atoms with E-state index in [1.165, 1.54) is 6.07 Å². The zero-order valence-electron chi connectivity index (χ0n) is 10.0. The van der Waals surface area contributed by atoms with E-state index in [-0.39, 0.29) is 11.5 Å². The van der Waals surface area contributed by atoms with Crippen molar-refractivity contribution in [1.29, 1.82) is 0 Å². The van der Waals surface area contributed by atoms with Crippen LogP contribution in [-0.2, 0) is 0 Å². The number of rotatable bonds is 2. The van der Waals surface area contributed by atoms with Crippen LogP contribution < -0.4 is 0 Å². The van der Waals surface area contributed by atoms with Crippen LogP contribution in [0.1, 0.15) is 27.6 Å². The molecule has 0 amide bonds. The van der Waals surface area contributed by atoms with Gasteiger partial charge in [0.2, 0.25) is 0 Å². The molecule has 0 saturated heterocycles. The van der Waals surface area contributed by atoms with Gasteiger partial charge in [-0.1, -0.05) is 42.5 Å². The lowest BCUT2D eigenvalue weighted by atomic mass is 10.2. The number of aromatic hydroxyl groups is 1. The van der Waals surface area contributed by atoms with E-state index in [9.17, 15) is 9.59 Å². The molecule has 0 unspecified atom stereocenters. The average molecular weight is 242 g/mol. The van der Waals surface area contributed by atoms with Gasteiger partial charge in [-0.25, -0.2) is 0 Å². The highest BCUT2D eigenvalue weighted by molar-refractivity contribution is 5.93. The van der Waals surface area contributed by atoms with E-state index in [0.29, 0.717) is 11.8 Å². The first-order chi connectivity index (χ1) is 8.65. The molecular formula is C15H14O3. The minimum absolute atomic E-state index is 0.0347. The molecule has 0 aliphatic carbocycles. The van der Waals surface area contributed by atoms with Crippen molar-refractivity contribution >= 4 is 12.1 Å². The summed E-state index contributed by atoms with van der Waals surface area (Å²) in [5, 5.41) is 8.88. The molecule has 2 aromatic rings. The van der Waals surface area contributed by atoms with Crippen molar-refractivity contribution in [3.8, 4) is 5.75 Å². The van der Waals surface area contributed by atoms with E-state index in [4.69, 9.17) is 5.11 Å². The van der Waals surface area contributed by atoms with E-state index < -0.39 is 0 Å². The molecule has 0 bridgehead atoms. The molecule has 0 spiro atoms. The van der Waals surface area contributed by atoms with Crippen molar-refractivity contribution in [3.05, 3.63) is 65.7 Å². The van der Waals surface area contributed by atoms with Crippen LogP contribution in [0.4, 0.5) is 0 Å². The van der Waals surface area contributed by atoms with Gasteiger partial charge in [-0.2, -0.15) is 0 Å². The lowest BCUT2D eigenvalue weighted by Crippen LogP contribution is -1.88. The maximum atomic E-state index is 10.6. The van der Waals surface area contributed by atoms with Crippen molar-refractivity contribution in [3.63, 3.8) is 0 Å². The molecule has 3 nitrogen and oxygen atoms in total. The Kier molecular flexibility index (Phi) is 5.32. The first kappa shape index (κ1) is 13.6. The van der Waals surface area contributed by atoms with Gasteiger partial charge in [0.05, 0.1) is 5.56 Å². The van der Waals surface area contributed by atoms with Gasteiger partial charge >= 0.3 is 0 Å². The molecule has 0 aliphatic heterocycles. The summed E-state index contributed by atoms with van der Waals surface area (Å²) in [6.07, 6.45) is 0.620. The second-order valence-electron chi connectivity index (χ2n) is 3.60. The first-order valence-corrected chi connectivity index (χ1v) is 5.44. The molecule has 0 radical (unpaired) electrons. The summed E-state index contributed by atoms with van der Waals surface area (Å²) in [5.41, 5.74) is 1.11. The second-order valence-corrected chi connectivity index (χ2v) is 3.60. The highest BCUT2D eigenvalue weighted by Crippen LogP contribution is 2.11. The Morgan fingerprint density at radius 1 is 1.00 bits per heavy atom. The van der Waals surface area contributed by atoms with Crippen LogP contribution >= 0.6 is 0 Å². The minimum Gasteiger partial charge on any atom is -0.507 e. The van der Waals surface area contributed by atoms with Crippen LogP contribution in [-0.4, -0.2) is 17.2 Å². The lowest BCUT2D eigenvalue weighted by Gasteiger charge is -1.91. The number of benzene rings is 2. The minimum atomic E-state index is 0.0347. The van der Waals surface area contributed by atoms with Crippen molar-refractivity contribution < 1.29 is 14.7 Å². The fraction of sp³-hybridized carbons (Fsp3) is 0.0667. The summed E-state index contributed by atoms with van der Waals surface area (Å²) in [6, 6.07) is 15.6. The summed E-state index contributed by atoms with van der Waals surface area (Å²) in [7, 11) is 0. The Morgan fingerprint density at radius 2 is 1.56 bits per heavy atom. The fourth-order valence-electron chi connectivity index (χ4n) is 1.26. The molecule has 0 fully saturated rings. The summed E-state index contributed by atoms with van der Waals surface area (Å²) >= 11 is 0. The summed E-state index contributed by atoms with van der Waals surface area (Å²) in [4.78, 5) is 20.7. The normalized spacial score (nSPS) is 8.94. The number of aldehydes is 1. The Hall–Kier alpha value is -2.42. The van der Waals surface area contributed by atoms with Crippen molar-refractivity contribution in [2.75, 3.05) is 0 Å². The highest BCUT2D eigenvalue weighted by atomic mass is 16.3. The molecule has 3 heteroatoms. The van der Waals surface area contributed by atoms with Crippen LogP contribution in [0.25, 0.3) is 0 Å². The monoisotopic (exact) mass is 242 g/mol. The molecule has 0 aliphatic rings. The van der Waals surface area contributed by atoms with Crippen LogP contribution in [0.5, 0.6) is 5.75 Å². The summed E-state index contributed by atoms with van der Waals surface area (Å²) in [6.45, 7) is 1.56. The van der Waals surface area contributed by atoms with Crippen LogP contribution in [0, 0.1) is 0 Å². The predicted octanol–water partition coefficient (Wildman–Crippen LogP) is 3.09. The molecule has 92 valence electrons. The van der Waals surface area contributed by atoms with Crippen molar-refractivity contribution in [1.82, 2.24) is 0 Å². The highest BCUT2D eigenvalue weighted by Gasteiger charge is 1.93. The third-order valence-corrected chi connectivity index (χ3v) is 2.24. The maximum Gasteiger partial charge on any atom is 0.159 e. The van der Waals surface area contributed by atoms with E-state index in [1.807, 2.05) is 30.3 Å². The molecular weight excluding hydrogens is 228 g/mol. The van der Waals surface area contributed by atoms with Gasteiger partial charge in [0.25, 0.3) is 0 Å². The number of para-hydroxylation sites is 1. The number of ketones is 1. The van der Waals surface area contributed by atoms with Gasteiger partial charge in [0, 0.05) is 5.56 Å². The molecule has 2 aromatic carbocycles. The fourth-order valence-corrected chi connectivity index (χ4v) is 1.26. The van der Waals surface area contributed by atoms with Crippen LogP contribution in [0.15, 0.2) is 54.6 Å². The van der Waals surface area contributed by atoms with Gasteiger partial charge in [0.15, 0.2) is 12.1 Å². The average Bonchev–Trinajstić information content (AvgIpc) is 2.41. The third-order valence-electron chi connectivity index (χ3n) is 2.24. The van der Waals surface area contributed by atoms with Crippen LogP contribution in [0.3, 0.4) is 0 Å². The van der Waals surface area contributed by atoms with E-state index in [2.05, 4.69) is 0 Å². The van der Waals surface area contributed by atoms with Crippen molar-refractivity contribution in [2.24, 2.45) is 0 Å². The molecule has 0 atom stereocenters. The standard InChI is InChI=1S/C8H8O.C7H6O2/c1-7(9)8-5-3-2-4-6-8;8-5-6-3-1-2-4-7(6)9/h2-6H,1H3;1-5,9H. The second kappa shape index (κ2) is 7.01.